The van der Waals surface area contributed by atoms with Gasteiger partial charge in [0.2, 0.25) is 5.91 Å². The van der Waals surface area contributed by atoms with E-state index in [0.29, 0.717) is 11.8 Å². The van der Waals surface area contributed by atoms with Gasteiger partial charge in [-0.05, 0) is 61.1 Å². The summed E-state index contributed by atoms with van der Waals surface area (Å²) in [4.78, 5) is 12.7. The van der Waals surface area contributed by atoms with Crippen molar-refractivity contribution in [3.63, 3.8) is 0 Å². The number of nitrogens with one attached hydrogen (secondary N) is 1. The largest absolute Gasteiger partial charge is 0.349 e. The van der Waals surface area contributed by atoms with Gasteiger partial charge in [-0.25, -0.2) is 0 Å². The highest BCUT2D eigenvalue weighted by Gasteiger charge is 2.49. The van der Waals surface area contributed by atoms with E-state index < -0.39 is 0 Å². The summed E-state index contributed by atoms with van der Waals surface area (Å²) in [6.07, 6.45) is 5.59. The van der Waals surface area contributed by atoms with Gasteiger partial charge < -0.3 is 11.1 Å². The average Bonchev–Trinajstić information content (AvgIpc) is 3.14. The second-order valence-electron chi connectivity index (χ2n) is 6.84. The smallest absolute Gasteiger partial charge is 0.225 e. The number of hydrogen-bond donors (Lipinski definition) is 2. The first-order valence-electron chi connectivity index (χ1n) is 7.98. The third-order valence-corrected chi connectivity index (χ3v) is 6.56. The number of halogens is 1. The van der Waals surface area contributed by atoms with Crippen LogP contribution in [0, 0.1) is 17.8 Å². The molecule has 112 valence electrons. The van der Waals surface area contributed by atoms with Crippen molar-refractivity contribution in [2.45, 2.75) is 44.2 Å². The maximum absolute atomic E-state index is 12.7. The topological polar surface area (TPSA) is 55.1 Å². The predicted molar refractivity (Wildman–Crippen MR) is 85.6 cm³/mol. The Bertz CT molecular complexity index is 586. The lowest BCUT2D eigenvalue weighted by molar-refractivity contribution is -0.127. The molecule has 3 nitrogen and oxygen atoms in total. The number of fused-ring (bicyclic) bond motifs is 3. The molecule has 5 unspecified atom stereocenters. The summed E-state index contributed by atoms with van der Waals surface area (Å²) >= 11 is 3.61. The van der Waals surface area contributed by atoms with E-state index in [2.05, 4.69) is 39.4 Å². The first-order chi connectivity index (χ1) is 10.1. The number of carbonyl (C=O) groups excluding carboxylic acids is 1. The van der Waals surface area contributed by atoms with Gasteiger partial charge in [-0.1, -0.05) is 28.1 Å². The molecule has 2 saturated carbocycles. The van der Waals surface area contributed by atoms with E-state index in [9.17, 15) is 4.79 Å². The van der Waals surface area contributed by atoms with Crippen LogP contribution in [0.4, 0.5) is 0 Å². The zero-order chi connectivity index (χ0) is 14.6. The second kappa shape index (κ2) is 5.10. The third kappa shape index (κ3) is 2.15. The molecule has 2 fully saturated rings. The van der Waals surface area contributed by atoms with Crippen LogP contribution in [0.5, 0.6) is 0 Å². The van der Waals surface area contributed by atoms with Gasteiger partial charge in [-0.15, -0.1) is 0 Å². The number of hydrogen-bond acceptors (Lipinski definition) is 2. The molecule has 3 N–H and O–H groups in total. The molecule has 21 heavy (non-hydrogen) atoms. The second-order valence-corrected chi connectivity index (χ2v) is 7.70. The molecular weight excluding hydrogens is 328 g/mol. The SMILES string of the molecule is NC1C2CCC(C2)C1C(=O)NC1CCc2c(Br)cccc21. The van der Waals surface area contributed by atoms with Crippen molar-refractivity contribution in [3.05, 3.63) is 33.8 Å². The zero-order valence-electron chi connectivity index (χ0n) is 12.0. The lowest BCUT2D eigenvalue weighted by atomic mass is 9.84. The Labute approximate surface area is 133 Å². The highest BCUT2D eigenvalue weighted by atomic mass is 79.9. The Morgan fingerprint density at radius 3 is 2.81 bits per heavy atom. The maximum Gasteiger partial charge on any atom is 0.225 e. The van der Waals surface area contributed by atoms with Crippen molar-refractivity contribution in [2.24, 2.45) is 23.5 Å². The number of carbonyl (C=O) groups is 1. The fourth-order valence-corrected chi connectivity index (χ4v) is 5.33. The molecule has 0 heterocycles. The average molecular weight is 349 g/mol. The Balaban J connectivity index is 1.51. The van der Waals surface area contributed by atoms with Crippen LogP contribution in [-0.4, -0.2) is 11.9 Å². The van der Waals surface area contributed by atoms with E-state index in [4.69, 9.17) is 5.73 Å². The van der Waals surface area contributed by atoms with Gasteiger partial charge in [0.05, 0.1) is 12.0 Å². The molecule has 2 bridgehead atoms. The Morgan fingerprint density at radius 1 is 1.24 bits per heavy atom. The molecule has 0 aromatic heterocycles. The van der Waals surface area contributed by atoms with Gasteiger partial charge in [0, 0.05) is 10.5 Å². The summed E-state index contributed by atoms with van der Waals surface area (Å²) in [6.45, 7) is 0. The van der Waals surface area contributed by atoms with Gasteiger partial charge in [0.25, 0.3) is 0 Å². The summed E-state index contributed by atoms with van der Waals surface area (Å²) in [6, 6.07) is 6.51. The van der Waals surface area contributed by atoms with Crippen LogP contribution in [0.1, 0.15) is 42.9 Å². The van der Waals surface area contributed by atoms with Crippen LogP contribution >= 0.6 is 15.9 Å². The molecule has 1 aromatic rings. The Hall–Kier alpha value is -0.870. The highest BCUT2D eigenvalue weighted by molar-refractivity contribution is 9.10. The Morgan fingerprint density at radius 2 is 2.05 bits per heavy atom. The summed E-state index contributed by atoms with van der Waals surface area (Å²) in [5.74, 6) is 1.33. The molecule has 0 spiro atoms. The molecule has 3 aliphatic carbocycles. The van der Waals surface area contributed by atoms with Crippen LogP contribution in [-0.2, 0) is 11.2 Å². The highest BCUT2D eigenvalue weighted by Crippen LogP contribution is 2.48. The van der Waals surface area contributed by atoms with E-state index >= 15 is 0 Å². The number of benzene rings is 1. The van der Waals surface area contributed by atoms with E-state index in [0.717, 1.165) is 23.7 Å². The fourth-order valence-electron chi connectivity index (χ4n) is 4.75. The van der Waals surface area contributed by atoms with Crippen LogP contribution in [0.25, 0.3) is 0 Å². The number of rotatable bonds is 2. The van der Waals surface area contributed by atoms with Gasteiger partial charge >= 0.3 is 0 Å². The number of amides is 1. The quantitative estimate of drug-likeness (QED) is 0.863. The minimum Gasteiger partial charge on any atom is -0.349 e. The summed E-state index contributed by atoms with van der Waals surface area (Å²) in [5, 5.41) is 3.28. The third-order valence-electron chi connectivity index (χ3n) is 5.81. The minimum atomic E-state index is 0.0416. The van der Waals surface area contributed by atoms with Gasteiger partial charge in [0.1, 0.15) is 0 Å². The molecule has 1 aromatic carbocycles. The monoisotopic (exact) mass is 348 g/mol. The molecule has 5 atom stereocenters. The van der Waals surface area contributed by atoms with Gasteiger partial charge in [-0.2, -0.15) is 0 Å². The van der Waals surface area contributed by atoms with E-state index in [1.165, 1.54) is 24.0 Å². The van der Waals surface area contributed by atoms with Crippen LogP contribution in [0.2, 0.25) is 0 Å². The zero-order valence-corrected chi connectivity index (χ0v) is 13.6. The van der Waals surface area contributed by atoms with Crippen molar-refractivity contribution in [1.29, 1.82) is 0 Å². The summed E-state index contributed by atoms with van der Waals surface area (Å²) < 4.78 is 1.16. The first kappa shape index (κ1) is 13.8. The van der Waals surface area contributed by atoms with Gasteiger partial charge in [-0.3, -0.25) is 4.79 Å². The molecular formula is C17H21BrN2O. The fraction of sp³-hybridized carbons (Fsp3) is 0.588. The van der Waals surface area contributed by atoms with E-state index in [-0.39, 0.29) is 23.9 Å². The molecule has 4 heteroatoms. The lowest BCUT2D eigenvalue weighted by Gasteiger charge is -2.28. The molecule has 0 radical (unpaired) electrons. The standard InChI is InChI=1S/C17H21BrN2O/c18-13-3-1-2-12-11(13)6-7-14(12)20-17(21)15-9-4-5-10(8-9)16(15)19/h1-3,9-10,14-16H,4-8,19H2,(H,20,21). The maximum atomic E-state index is 12.7. The molecule has 4 rings (SSSR count). The van der Waals surface area contributed by atoms with E-state index in [1.54, 1.807) is 0 Å². The van der Waals surface area contributed by atoms with E-state index in [1.807, 2.05) is 0 Å². The molecule has 3 aliphatic rings. The van der Waals surface area contributed by atoms with Crippen molar-refractivity contribution < 1.29 is 4.79 Å². The van der Waals surface area contributed by atoms with Crippen molar-refractivity contribution in [1.82, 2.24) is 5.32 Å². The molecule has 0 saturated heterocycles. The first-order valence-corrected chi connectivity index (χ1v) is 8.77. The predicted octanol–water partition coefficient (Wildman–Crippen LogP) is 2.93. The normalized spacial score (nSPS) is 36.8. The summed E-state index contributed by atoms with van der Waals surface area (Å²) in [5.41, 5.74) is 8.91. The van der Waals surface area contributed by atoms with Crippen molar-refractivity contribution in [2.75, 3.05) is 0 Å². The Kier molecular flexibility index (Phi) is 3.34. The van der Waals surface area contributed by atoms with Crippen LogP contribution < -0.4 is 11.1 Å². The van der Waals surface area contributed by atoms with Crippen LogP contribution in [0.3, 0.4) is 0 Å². The lowest BCUT2D eigenvalue weighted by Crippen LogP contribution is -2.45. The minimum absolute atomic E-state index is 0.0416. The molecule has 1 amide bonds. The van der Waals surface area contributed by atoms with Crippen molar-refractivity contribution >= 4 is 21.8 Å². The number of nitrogens with two attached hydrogens (primary N) is 1. The molecule has 0 aliphatic heterocycles. The van der Waals surface area contributed by atoms with Crippen molar-refractivity contribution in [3.8, 4) is 0 Å². The summed E-state index contributed by atoms with van der Waals surface area (Å²) in [7, 11) is 0. The van der Waals surface area contributed by atoms with Crippen LogP contribution in [0.15, 0.2) is 22.7 Å². The van der Waals surface area contributed by atoms with Gasteiger partial charge in [0.15, 0.2) is 0 Å².